The van der Waals surface area contributed by atoms with Gasteiger partial charge < -0.3 is 9.73 Å². The summed E-state index contributed by atoms with van der Waals surface area (Å²) in [4.78, 5) is 16.8. The molecule has 0 aliphatic rings. The molecule has 0 atom stereocenters. The van der Waals surface area contributed by atoms with Crippen molar-refractivity contribution in [2.24, 2.45) is 0 Å². The summed E-state index contributed by atoms with van der Waals surface area (Å²) in [6, 6.07) is 14.0. The Morgan fingerprint density at radius 2 is 1.93 bits per heavy atom. The van der Waals surface area contributed by atoms with Crippen molar-refractivity contribution in [3.63, 3.8) is 0 Å². The van der Waals surface area contributed by atoms with Gasteiger partial charge in [-0.05, 0) is 48.9 Å². The predicted molar refractivity (Wildman–Crippen MR) is 117 cm³/mol. The van der Waals surface area contributed by atoms with Crippen molar-refractivity contribution in [2.75, 3.05) is 11.1 Å². The minimum Gasteiger partial charge on any atom is -0.431 e. The number of carbonyl (C=O) groups is 1. The van der Waals surface area contributed by atoms with Crippen molar-refractivity contribution >= 4 is 34.5 Å². The lowest BCUT2D eigenvalue weighted by atomic mass is 9.98. The molecule has 0 spiro atoms. The van der Waals surface area contributed by atoms with Crippen LogP contribution in [0.1, 0.15) is 56.6 Å². The van der Waals surface area contributed by atoms with Gasteiger partial charge in [-0.1, -0.05) is 62.4 Å². The molecular formula is C23H28N2O2S. The van der Waals surface area contributed by atoms with Crippen LogP contribution in [0.4, 0.5) is 5.69 Å². The second-order valence-electron chi connectivity index (χ2n) is 7.35. The fourth-order valence-corrected chi connectivity index (χ4v) is 4.02. The Morgan fingerprint density at radius 3 is 2.71 bits per heavy atom. The number of unbranched alkanes of at least 4 members (excludes halogenated alkanes) is 2. The molecule has 1 aromatic heterocycles. The van der Waals surface area contributed by atoms with Gasteiger partial charge >= 0.3 is 0 Å². The Hall–Kier alpha value is -2.27. The van der Waals surface area contributed by atoms with Crippen molar-refractivity contribution in [1.82, 2.24) is 4.98 Å². The van der Waals surface area contributed by atoms with E-state index in [9.17, 15) is 4.79 Å². The zero-order chi connectivity index (χ0) is 19.9. The van der Waals surface area contributed by atoms with Crippen LogP contribution < -0.4 is 5.32 Å². The molecule has 1 heterocycles. The van der Waals surface area contributed by atoms with Crippen molar-refractivity contribution < 1.29 is 9.21 Å². The first-order valence-corrected chi connectivity index (χ1v) is 10.9. The van der Waals surface area contributed by atoms with Crippen LogP contribution in [0, 0.1) is 6.92 Å². The van der Waals surface area contributed by atoms with Crippen LogP contribution in [0.2, 0.25) is 0 Å². The lowest BCUT2D eigenvalue weighted by molar-refractivity contribution is -0.116. The van der Waals surface area contributed by atoms with Crippen molar-refractivity contribution in [2.45, 2.75) is 57.6 Å². The zero-order valence-electron chi connectivity index (χ0n) is 16.8. The molecule has 0 saturated heterocycles. The Kier molecular flexibility index (Phi) is 7.15. The van der Waals surface area contributed by atoms with E-state index in [-0.39, 0.29) is 5.91 Å². The minimum atomic E-state index is 0.0998. The SMILES string of the molecule is Cc1cccc(C(C)C)c1NC(=O)CCCCCSc1nc2ccccc2o1. The van der Waals surface area contributed by atoms with E-state index in [0.29, 0.717) is 12.3 Å². The largest absolute Gasteiger partial charge is 0.431 e. The molecular weight excluding hydrogens is 368 g/mol. The van der Waals surface area contributed by atoms with Crippen molar-refractivity contribution in [1.29, 1.82) is 0 Å². The number of aryl methyl sites for hydroxylation is 1. The van der Waals surface area contributed by atoms with Gasteiger partial charge in [0, 0.05) is 17.9 Å². The number of aromatic nitrogens is 1. The average molecular weight is 397 g/mol. The highest BCUT2D eigenvalue weighted by atomic mass is 32.2. The standard InChI is InChI=1S/C23H28N2O2S/c1-16(2)18-11-9-10-17(3)22(18)25-21(26)14-5-4-8-15-28-23-24-19-12-6-7-13-20(19)27-23/h6-7,9-13,16H,4-5,8,14-15H2,1-3H3,(H,25,26). The molecule has 0 radical (unpaired) electrons. The van der Waals surface area contributed by atoms with E-state index in [2.05, 4.69) is 36.3 Å². The molecule has 148 valence electrons. The van der Waals surface area contributed by atoms with Gasteiger partial charge in [0.25, 0.3) is 5.22 Å². The molecule has 3 rings (SSSR count). The van der Waals surface area contributed by atoms with E-state index >= 15 is 0 Å². The number of oxazole rings is 1. The first-order chi connectivity index (χ1) is 13.5. The number of carbonyl (C=O) groups excluding carboxylic acids is 1. The van der Waals surface area contributed by atoms with Gasteiger partial charge in [0.1, 0.15) is 5.52 Å². The van der Waals surface area contributed by atoms with Crippen LogP contribution in [0.25, 0.3) is 11.1 Å². The number of hydrogen-bond acceptors (Lipinski definition) is 4. The fourth-order valence-electron chi connectivity index (χ4n) is 3.18. The van der Waals surface area contributed by atoms with E-state index in [4.69, 9.17) is 4.42 Å². The van der Waals surface area contributed by atoms with E-state index in [1.54, 1.807) is 11.8 Å². The molecule has 2 aromatic carbocycles. The third kappa shape index (κ3) is 5.38. The summed E-state index contributed by atoms with van der Waals surface area (Å²) >= 11 is 1.64. The van der Waals surface area contributed by atoms with Crippen molar-refractivity contribution in [3.05, 3.63) is 53.6 Å². The molecule has 0 unspecified atom stereocenters. The smallest absolute Gasteiger partial charge is 0.256 e. The van der Waals surface area contributed by atoms with Gasteiger partial charge in [0.15, 0.2) is 5.58 Å². The van der Waals surface area contributed by atoms with Gasteiger partial charge in [0.2, 0.25) is 5.91 Å². The molecule has 28 heavy (non-hydrogen) atoms. The Bertz CT molecular complexity index is 900. The number of hydrogen-bond donors (Lipinski definition) is 1. The summed E-state index contributed by atoms with van der Waals surface area (Å²) in [7, 11) is 0. The summed E-state index contributed by atoms with van der Waals surface area (Å²) < 4.78 is 5.71. The highest BCUT2D eigenvalue weighted by Gasteiger charge is 2.12. The Morgan fingerprint density at radius 1 is 1.11 bits per heavy atom. The van der Waals surface area contributed by atoms with Crippen LogP contribution in [-0.4, -0.2) is 16.6 Å². The molecule has 0 aliphatic heterocycles. The maximum atomic E-state index is 12.4. The summed E-state index contributed by atoms with van der Waals surface area (Å²) in [6.07, 6.45) is 3.51. The quantitative estimate of drug-likeness (QED) is 0.329. The molecule has 5 heteroatoms. The van der Waals surface area contributed by atoms with Gasteiger partial charge in [-0.15, -0.1) is 0 Å². The minimum absolute atomic E-state index is 0.0998. The van der Waals surface area contributed by atoms with Gasteiger partial charge in [0.05, 0.1) is 0 Å². The van der Waals surface area contributed by atoms with E-state index in [1.165, 1.54) is 5.56 Å². The number of para-hydroxylation sites is 3. The van der Waals surface area contributed by atoms with Gasteiger partial charge in [-0.2, -0.15) is 0 Å². The molecule has 0 aliphatic carbocycles. The van der Waals surface area contributed by atoms with E-state index < -0.39 is 0 Å². The number of nitrogens with one attached hydrogen (secondary N) is 1. The van der Waals surface area contributed by atoms with Crippen LogP contribution in [0.3, 0.4) is 0 Å². The lowest BCUT2D eigenvalue weighted by Crippen LogP contribution is -2.14. The Balaban J connectivity index is 1.38. The van der Waals surface area contributed by atoms with Gasteiger partial charge in [-0.25, -0.2) is 4.98 Å². The highest BCUT2D eigenvalue weighted by molar-refractivity contribution is 7.99. The zero-order valence-corrected chi connectivity index (χ0v) is 17.6. The predicted octanol–water partition coefficient (Wildman–Crippen LogP) is 6.55. The third-order valence-corrected chi connectivity index (χ3v) is 5.65. The number of benzene rings is 2. The first-order valence-electron chi connectivity index (χ1n) is 9.92. The number of thioether (sulfide) groups is 1. The lowest BCUT2D eigenvalue weighted by Gasteiger charge is -2.16. The third-order valence-electron chi connectivity index (χ3n) is 4.74. The van der Waals surface area contributed by atoms with Crippen LogP contribution in [0.15, 0.2) is 52.1 Å². The number of anilines is 1. The second-order valence-corrected chi connectivity index (χ2v) is 8.39. The van der Waals surface area contributed by atoms with Crippen molar-refractivity contribution in [3.8, 4) is 0 Å². The topological polar surface area (TPSA) is 55.1 Å². The molecule has 0 bridgehead atoms. The fraction of sp³-hybridized carbons (Fsp3) is 0.391. The van der Waals surface area contributed by atoms with E-state index in [0.717, 1.165) is 52.6 Å². The van der Waals surface area contributed by atoms with Crippen LogP contribution in [0.5, 0.6) is 0 Å². The number of nitrogens with zero attached hydrogens (tertiary/aromatic N) is 1. The number of fused-ring (bicyclic) bond motifs is 1. The number of amides is 1. The normalized spacial score (nSPS) is 11.3. The molecule has 4 nitrogen and oxygen atoms in total. The van der Waals surface area contributed by atoms with Crippen LogP contribution >= 0.6 is 11.8 Å². The summed E-state index contributed by atoms with van der Waals surface area (Å²) in [6.45, 7) is 6.35. The molecule has 0 saturated carbocycles. The second kappa shape index (κ2) is 9.78. The Labute approximate surface area is 171 Å². The maximum Gasteiger partial charge on any atom is 0.256 e. The van der Waals surface area contributed by atoms with Gasteiger partial charge in [-0.3, -0.25) is 4.79 Å². The summed E-state index contributed by atoms with van der Waals surface area (Å²) in [5.41, 5.74) is 5.03. The van der Waals surface area contributed by atoms with E-state index in [1.807, 2.05) is 37.3 Å². The molecule has 3 aromatic rings. The maximum absolute atomic E-state index is 12.4. The summed E-state index contributed by atoms with van der Waals surface area (Å²) in [5, 5.41) is 3.84. The molecule has 0 fully saturated rings. The molecule has 1 N–H and O–H groups in total. The number of rotatable bonds is 9. The monoisotopic (exact) mass is 396 g/mol. The molecule has 1 amide bonds. The summed E-state index contributed by atoms with van der Waals surface area (Å²) in [5.74, 6) is 1.44. The van der Waals surface area contributed by atoms with Crippen LogP contribution in [-0.2, 0) is 4.79 Å². The first kappa shape index (κ1) is 20.5. The average Bonchev–Trinajstić information content (AvgIpc) is 3.08. The highest BCUT2D eigenvalue weighted by Crippen LogP contribution is 2.28.